The number of carbonyl (C=O) groups is 2. The summed E-state index contributed by atoms with van der Waals surface area (Å²) in [5.74, 6) is -0.202. The number of hydrogen-bond acceptors (Lipinski definition) is 5. The number of amides is 1. The topological polar surface area (TPSA) is 77.0 Å². The van der Waals surface area contributed by atoms with Gasteiger partial charge in [-0.2, -0.15) is 5.10 Å². The molecule has 0 bridgehead atoms. The summed E-state index contributed by atoms with van der Waals surface area (Å²) in [7, 11) is 0. The minimum Gasteiger partial charge on any atom is -0.482 e. The maximum Gasteiger partial charge on any atom is 0.311 e. The van der Waals surface area contributed by atoms with Crippen molar-refractivity contribution in [2.45, 2.75) is 27.2 Å². The van der Waals surface area contributed by atoms with Crippen molar-refractivity contribution >= 4 is 49.4 Å². The summed E-state index contributed by atoms with van der Waals surface area (Å²) in [4.78, 5) is 23.0. The van der Waals surface area contributed by atoms with E-state index in [-0.39, 0.29) is 19.0 Å². The van der Waals surface area contributed by atoms with E-state index in [0.717, 1.165) is 14.5 Å². The molecule has 0 heterocycles. The lowest BCUT2D eigenvalue weighted by atomic mass is 10.2. The Morgan fingerprint density at radius 2 is 2.00 bits per heavy atom. The quantitative estimate of drug-likeness (QED) is 0.393. The number of nitrogens with one attached hydrogen (secondary N) is 1. The van der Waals surface area contributed by atoms with E-state index in [1.807, 2.05) is 19.1 Å². The third kappa shape index (κ3) is 7.13. The number of hydrogen-bond donors (Lipinski definition) is 1. The highest BCUT2D eigenvalue weighted by molar-refractivity contribution is 9.11. The maximum absolute atomic E-state index is 11.7. The van der Waals surface area contributed by atoms with Gasteiger partial charge in [0.1, 0.15) is 5.75 Å². The van der Waals surface area contributed by atoms with Crippen LogP contribution in [-0.2, 0) is 14.3 Å². The van der Waals surface area contributed by atoms with Crippen LogP contribution in [0.3, 0.4) is 0 Å². The van der Waals surface area contributed by atoms with Gasteiger partial charge in [-0.05, 0) is 54.4 Å². The molecule has 1 amide bonds. The Hall–Kier alpha value is -1.41. The average molecular weight is 450 g/mol. The highest BCUT2D eigenvalue weighted by atomic mass is 79.9. The fraction of sp³-hybridized carbons (Fsp3) is 0.400. The molecule has 0 saturated heterocycles. The molecule has 0 aliphatic rings. The van der Waals surface area contributed by atoms with Gasteiger partial charge in [-0.1, -0.05) is 15.9 Å². The number of benzene rings is 1. The first kappa shape index (κ1) is 19.6. The Kier molecular flexibility index (Phi) is 8.25. The molecule has 1 aromatic rings. The second-order valence-electron chi connectivity index (χ2n) is 4.69. The second kappa shape index (κ2) is 9.67. The minimum atomic E-state index is -0.414. The number of nitrogens with zero attached hydrogens (tertiary/aromatic N) is 1. The molecule has 0 aliphatic carbocycles. The Morgan fingerprint density at radius 3 is 2.61 bits per heavy atom. The van der Waals surface area contributed by atoms with E-state index >= 15 is 0 Å². The van der Waals surface area contributed by atoms with E-state index in [2.05, 4.69) is 42.4 Å². The van der Waals surface area contributed by atoms with Crippen LogP contribution in [0.2, 0.25) is 0 Å². The first-order valence-corrected chi connectivity index (χ1v) is 8.48. The van der Waals surface area contributed by atoms with Crippen LogP contribution in [0.5, 0.6) is 5.75 Å². The minimum absolute atomic E-state index is 0.0341. The van der Waals surface area contributed by atoms with E-state index < -0.39 is 5.91 Å². The SMILES string of the molecule is CCOC(=O)C/C(C)=N\NC(=O)COc1c(C)cc(Br)cc1Br. The third-order valence-electron chi connectivity index (χ3n) is 2.62. The van der Waals surface area contributed by atoms with E-state index in [1.165, 1.54) is 0 Å². The molecule has 0 spiro atoms. The molecular weight excluding hydrogens is 432 g/mol. The molecule has 6 nitrogen and oxygen atoms in total. The van der Waals surface area contributed by atoms with Crippen molar-refractivity contribution in [1.82, 2.24) is 5.43 Å². The van der Waals surface area contributed by atoms with Gasteiger partial charge in [0, 0.05) is 10.2 Å². The van der Waals surface area contributed by atoms with Crippen molar-refractivity contribution < 1.29 is 19.1 Å². The van der Waals surface area contributed by atoms with Crippen LogP contribution >= 0.6 is 31.9 Å². The molecule has 1 aromatic carbocycles. The van der Waals surface area contributed by atoms with Crippen molar-refractivity contribution in [3.8, 4) is 5.75 Å². The zero-order valence-corrected chi connectivity index (χ0v) is 16.3. The van der Waals surface area contributed by atoms with Crippen LogP contribution in [0, 0.1) is 6.92 Å². The Labute approximate surface area is 151 Å². The van der Waals surface area contributed by atoms with Crippen molar-refractivity contribution in [1.29, 1.82) is 0 Å². The standard InChI is InChI=1S/C15H18Br2N2O4/c1-4-22-14(21)6-10(3)18-19-13(20)8-23-15-9(2)5-11(16)7-12(15)17/h5,7H,4,6,8H2,1-3H3,(H,19,20)/b18-10-. The van der Waals surface area contributed by atoms with Crippen LogP contribution in [0.4, 0.5) is 0 Å². The summed E-state index contributed by atoms with van der Waals surface area (Å²) in [6.45, 7) is 5.37. The summed E-state index contributed by atoms with van der Waals surface area (Å²) in [5, 5.41) is 3.83. The van der Waals surface area contributed by atoms with E-state index in [1.54, 1.807) is 13.8 Å². The van der Waals surface area contributed by atoms with Gasteiger partial charge >= 0.3 is 5.97 Å². The average Bonchev–Trinajstić information content (AvgIpc) is 2.44. The van der Waals surface area contributed by atoms with E-state index in [0.29, 0.717) is 18.1 Å². The number of ether oxygens (including phenoxy) is 2. The lowest BCUT2D eigenvalue weighted by Crippen LogP contribution is -2.26. The fourth-order valence-electron chi connectivity index (χ4n) is 1.66. The van der Waals surface area contributed by atoms with Crippen LogP contribution < -0.4 is 10.2 Å². The van der Waals surface area contributed by atoms with Crippen LogP contribution in [0.1, 0.15) is 25.8 Å². The van der Waals surface area contributed by atoms with Crippen LogP contribution in [-0.4, -0.2) is 30.8 Å². The highest BCUT2D eigenvalue weighted by Crippen LogP contribution is 2.32. The van der Waals surface area contributed by atoms with Crippen LogP contribution in [0.15, 0.2) is 26.2 Å². The van der Waals surface area contributed by atoms with Gasteiger partial charge in [0.25, 0.3) is 5.91 Å². The van der Waals surface area contributed by atoms with E-state index in [4.69, 9.17) is 9.47 Å². The number of rotatable bonds is 7. The predicted octanol–water partition coefficient (Wildman–Crippen LogP) is 3.34. The smallest absolute Gasteiger partial charge is 0.311 e. The van der Waals surface area contributed by atoms with Crippen molar-refractivity contribution in [2.75, 3.05) is 13.2 Å². The molecule has 0 saturated carbocycles. The van der Waals surface area contributed by atoms with Gasteiger partial charge in [0.2, 0.25) is 0 Å². The molecule has 0 fully saturated rings. The molecule has 23 heavy (non-hydrogen) atoms. The predicted molar refractivity (Wildman–Crippen MR) is 94.6 cm³/mol. The zero-order chi connectivity index (χ0) is 17.4. The molecular formula is C15H18Br2N2O4. The lowest BCUT2D eigenvalue weighted by molar-refractivity contribution is -0.141. The molecule has 0 aliphatic heterocycles. The first-order chi connectivity index (χ1) is 10.8. The third-order valence-corrected chi connectivity index (χ3v) is 3.67. The fourth-order valence-corrected chi connectivity index (χ4v) is 3.21. The number of esters is 1. The highest BCUT2D eigenvalue weighted by Gasteiger charge is 2.10. The van der Waals surface area contributed by atoms with Crippen molar-refractivity contribution in [2.24, 2.45) is 5.10 Å². The molecule has 1 N–H and O–H groups in total. The van der Waals surface area contributed by atoms with Crippen molar-refractivity contribution in [3.63, 3.8) is 0 Å². The monoisotopic (exact) mass is 448 g/mol. The molecule has 0 aromatic heterocycles. The number of halogens is 2. The summed E-state index contributed by atoms with van der Waals surface area (Å²) in [6.07, 6.45) is 0.0341. The van der Waals surface area contributed by atoms with Gasteiger partial charge in [-0.15, -0.1) is 0 Å². The largest absolute Gasteiger partial charge is 0.482 e. The molecule has 0 atom stereocenters. The lowest BCUT2D eigenvalue weighted by Gasteiger charge is -2.11. The van der Waals surface area contributed by atoms with Gasteiger partial charge in [0.15, 0.2) is 6.61 Å². The summed E-state index contributed by atoms with van der Waals surface area (Å²) >= 11 is 6.76. The van der Waals surface area contributed by atoms with E-state index in [9.17, 15) is 9.59 Å². The summed E-state index contributed by atoms with van der Waals surface area (Å²) in [5.41, 5.74) is 3.69. The Bertz CT molecular complexity index is 594. The second-order valence-corrected chi connectivity index (χ2v) is 6.46. The normalized spacial score (nSPS) is 11.1. The Morgan fingerprint density at radius 1 is 1.30 bits per heavy atom. The number of hydrazone groups is 1. The van der Waals surface area contributed by atoms with Crippen molar-refractivity contribution in [3.05, 3.63) is 26.6 Å². The molecule has 1 rings (SSSR count). The maximum atomic E-state index is 11.7. The molecule has 8 heteroatoms. The van der Waals surface area contributed by atoms with Crippen LogP contribution in [0.25, 0.3) is 0 Å². The Balaban J connectivity index is 2.50. The molecule has 126 valence electrons. The summed E-state index contributed by atoms with van der Waals surface area (Å²) < 4.78 is 12.0. The zero-order valence-electron chi connectivity index (χ0n) is 13.1. The first-order valence-electron chi connectivity index (χ1n) is 6.89. The molecule has 0 radical (unpaired) electrons. The van der Waals surface area contributed by atoms with Gasteiger partial charge in [-0.25, -0.2) is 5.43 Å². The van der Waals surface area contributed by atoms with Gasteiger partial charge in [0.05, 0.1) is 17.5 Å². The molecule has 0 unspecified atom stereocenters. The van der Waals surface area contributed by atoms with Gasteiger partial charge in [-0.3, -0.25) is 9.59 Å². The number of carbonyl (C=O) groups excluding carboxylic acids is 2. The van der Waals surface area contributed by atoms with Gasteiger partial charge < -0.3 is 9.47 Å². The number of aryl methyl sites for hydroxylation is 1. The summed E-state index contributed by atoms with van der Waals surface area (Å²) in [6, 6.07) is 3.72.